The molecule has 1 aromatic heterocycles. The zero-order chi connectivity index (χ0) is 12.3. The van der Waals surface area contributed by atoms with E-state index in [0.29, 0.717) is 0 Å². The van der Waals surface area contributed by atoms with Gasteiger partial charge in [0.2, 0.25) is 0 Å². The first-order valence-electron chi connectivity index (χ1n) is 5.20. The van der Waals surface area contributed by atoms with E-state index in [0.717, 1.165) is 11.3 Å². The molecule has 0 radical (unpaired) electrons. The molecule has 4 heteroatoms. The largest absolute Gasteiger partial charge is 0.478 e. The number of benzene rings is 1. The molecule has 4 nitrogen and oxygen atoms in total. The second kappa shape index (κ2) is 4.65. The Morgan fingerprint density at radius 1 is 1.29 bits per heavy atom. The van der Waals surface area contributed by atoms with Crippen LogP contribution in [0.4, 0.5) is 0 Å². The molecule has 1 aromatic carbocycles. The predicted octanol–water partition coefficient (Wildman–Crippen LogP) is 2.49. The van der Waals surface area contributed by atoms with E-state index in [2.05, 4.69) is 4.98 Å². The third-order valence-electron chi connectivity index (χ3n) is 2.48. The minimum atomic E-state index is -0.916. The lowest BCUT2D eigenvalue weighted by atomic mass is 10.1. The van der Waals surface area contributed by atoms with Crippen LogP contribution in [0.5, 0.6) is 0 Å². The summed E-state index contributed by atoms with van der Waals surface area (Å²) < 4.78 is 1.88. The van der Waals surface area contributed by atoms with Gasteiger partial charge in [-0.2, -0.15) is 0 Å². The van der Waals surface area contributed by atoms with Gasteiger partial charge in [0.15, 0.2) is 0 Å². The molecule has 0 aliphatic carbocycles. The fraction of sp³-hybridized carbons (Fsp3) is 0.0769. The molecular weight excluding hydrogens is 216 g/mol. The van der Waals surface area contributed by atoms with Crippen LogP contribution in [0.1, 0.15) is 22.8 Å². The lowest BCUT2D eigenvalue weighted by Crippen LogP contribution is -1.99. The number of allylic oxidation sites excluding steroid dienone is 1. The molecule has 0 saturated heterocycles. The number of carbonyl (C=O) groups is 1. The summed E-state index contributed by atoms with van der Waals surface area (Å²) in [6.45, 7) is 1.93. The van der Waals surface area contributed by atoms with Crippen LogP contribution >= 0.6 is 0 Å². The molecule has 86 valence electrons. The fourth-order valence-corrected chi connectivity index (χ4v) is 1.65. The zero-order valence-corrected chi connectivity index (χ0v) is 9.37. The van der Waals surface area contributed by atoms with Crippen LogP contribution in [-0.2, 0) is 0 Å². The molecule has 2 aromatic rings. The van der Waals surface area contributed by atoms with Crippen molar-refractivity contribution in [2.45, 2.75) is 6.92 Å². The molecule has 17 heavy (non-hydrogen) atoms. The van der Waals surface area contributed by atoms with Crippen molar-refractivity contribution in [3.05, 3.63) is 60.2 Å². The Morgan fingerprint density at radius 2 is 1.94 bits per heavy atom. The second-order valence-electron chi connectivity index (χ2n) is 3.53. The van der Waals surface area contributed by atoms with Crippen molar-refractivity contribution >= 4 is 11.7 Å². The highest BCUT2D eigenvalue weighted by molar-refractivity contribution is 5.88. The average molecular weight is 228 g/mol. The van der Waals surface area contributed by atoms with Gasteiger partial charge < -0.3 is 9.67 Å². The smallest absolute Gasteiger partial charge is 0.335 e. The Hall–Kier alpha value is -2.36. The van der Waals surface area contributed by atoms with Crippen LogP contribution < -0.4 is 0 Å². The summed E-state index contributed by atoms with van der Waals surface area (Å²) in [5, 5.41) is 8.83. The van der Waals surface area contributed by atoms with Crippen molar-refractivity contribution in [3.63, 3.8) is 0 Å². The summed E-state index contributed by atoms with van der Waals surface area (Å²) in [7, 11) is 0. The topological polar surface area (TPSA) is 55.1 Å². The van der Waals surface area contributed by atoms with Gasteiger partial charge in [0.1, 0.15) is 0 Å². The number of aromatic carboxylic acids is 1. The van der Waals surface area contributed by atoms with Crippen LogP contribution in [0, 0.1) is 0 Å². The summed E-state index contributed by atoms with van der Waals surface area (Å²) in [6.07, 6.45) is 7.22. The molecule has 0 spiro atoms. The van der Waals surface area contributed by atoms with Crippen LogP contribution in [-0.4, -0.2) is 20.6 Å². The Balaban J connectivity index is 2.37. The SMILES string of the molecule is C/C=C(/c1ccc(C(=O)O)cc1)n1ccnc1. The maximum atomic E-state index is 10.8. The number of hydrogen-bond donors (Lipinski definition) is 1. The highest BCUT2D eigenvalue weighted by Crippen LogP contribution is 2.17. The van der Waals surface area contributed by atoms with E-state index in [1.165, 1.54) is 0 Å². The normalized spacial score (nSPS) is 11.5. The summed E-state index contributed by atoms with van der Waals surface area (Å²) in [5.74, 6) is -0.916. The minimum Gasteiger partial charge on any atom is -0.478 e. The minimum absolute atomic E-state index is 0.287. The summed E-state index contributed by atoms with van der Waals surface area (Å²) in [4.78, 5) is 14.7. The zero-order valence-electron chi connectivity index (χ0n) is 9.37. The number of nitrogens with zero attached hydrogens (tertiary/aromatic N) is 2. The summed E-state index contributed by atoms with van der Waals surface area (Å²) >= 11 is 0. The Labute approximate surface area is 98.9 Å². The van der Waals surface area contributed by atoms with Crippen molar-refractivity contribution in [2.75, 3.05) is 0 Å². The van der Waals surface area contributed by atoms with E-state index in [9.17, 15) is 4.79 Å². The van der Waals surface area contributed by atoms with Gasteiger partial charge in [-0.25, -0.2) is 9.78 Å². The second-order valence-corrected chi connectivity index (χ2v) is 3.53. The van der Waals surface area contributed by atoms with Crippen molar-refractivity contribution in [1.29, 1.82) is 0 Å². The van der Waals surface area contributed by atoms with Crippen LogP contribution in [0.25, 0.3) is 5.70 Å². The third-order valence-corrected chi connectivity index (χ3v) is 2.48. The number of imidazole rings is 1. The molecule has 2 rings (SSSR count). The lowest BCUT2D eigenvalue weighted by Gasteiger charge is -2.08. The summed E-state index contributed by atoms with van der Waals surface area (Å²) in [6, 6.07) is 6.77. The molecule has 0 fully saturated rings. The number of carboxylic acid groups (broad SMARTS) is 1. The van der Waals surface area contributed by atoms with Gasteiger partial charge in [-0.05, 0) is 24.6 Å². The maximum absolute atomic E-state index is 10.8. The number of rotatable bonds is 3. The van der Waals surface area contributed by atoms with Gasteiger partial charge in [0.25, 0.3) is 0 Å². The first-order chi connectivity index (χ1) is 8.22. The number of carboxylic acids is 1. The van der Waals surface area contributed by atoms with E-state index in [1.54, 1.807) is 36.8 Å². The molecule has 0 atom stereocenters. The van der Waals surface area contributed by atoms with Crippen LogP contribution in [0.15, 0.2) is 49.1 Å². The molecule has 0 aliphatic heterocycles. The monoisotopic (exact) mass is 228 g/mol. The van der Waals surface area contributed by atoms with Gasteiger partial charge in [-0.15, -0.1) is 0 Å². The van der Waals surface area contributed by atoms with Crippen molar-refractivity contribution < 1.29 is 9.90 Å². The fourth-order valence-electron chi connectivity index (χ4n) is 1.65. The van der Waals surface area contributed by atoms with Gasteiger partial charge in [0, 0.05) is 18.1 Å². The highest BCUT2D eigenvalue weighted by atomic mass is 16.4. The quantitative estimate of drug-likeness (QED) is 0.878. The molecule has 1 N–H and O–H groups in total. The molecule has 0 bridgehead atoms. The number of hydrogen-bond acceptors (Lipinski definition) is 2. The van der Waals surface area contributed by atoms with Crippen molar-refractivity contribution in [2.24, 2.45) is 0 Å². The lowest BCUT2D eigenvalue weighted by molar-refractivity contribution is 0.0697. The van der Waals surface area contributed by atoms with Crippen molar-refractivity contribution in [1.82, 2.24) is 9.55 Å². The Kier molecular flexibility index (Phi) is 3.05. The average Bonchev–Trinajstić information content (AvgIpc) is 2.84. The van der Waals surface area contributed by atoms with E-state index in [1.807, 2.05) is 23.8 Å². The van der Waals surface area contributed by atoms with Gasteiger partial charge in [-0.3, -0.25) is 0 Å². The highest BCUT2D eigenvalue weighted by Gasteiger charge is 2.05. The molecule has 0 amide bonds. The summed E-state index contributed by atoms with van der Waals surface area (Å²) in [5.41, 5.74) is 2.21. The van der Waals surface area contributed by atoms with Crippen molar-refractivity contribution in [3.8, 4) is 0 Å². The van der Waals surface area contributed by atoms with E-state index in [-0.39, 0.29) is 5.56 Å². The van der Waals surface area contributed by atoms with Crippen LogP contribution in [0.3, 0.4) is 0 Å². The Morgan fingerprint density at radius 3 is 2.41 bits per heavy atom. The maximum Gasteiger partial charge on any atom is 0.335 e. The third kappa shape index (κ3) is 2.25. The molecule has 1 heterocycles. The molecular formula is C13H12N2O2. The van der Waals surface area contributed by atoms with Gasteiger partial charge >= 0.3 is 5.97 Å². The van der Waals surface area contributed by atoms with E-state index >= 15 is 0 Å². The first-order valence-corrected chi connectivity index (χ1v) is 5.20. The van der Waals surface area contributed by atoms with Gasteiger partial charge in [0.05, 0.1) is 11.9 Å². The molecule has 0 aliphatic rings. The number of aromatic nitrogens is 2. The standard InChI is InChI=1S/C13H12N2O2/c1-2-12(15-8-7-14-9-15)10-3-5-11(6-4-10)13(16)17/h2-9H,1H3,(H,16,17)/b12-2-. The van der Waals surface area contributed by atoms with Gasteiger partial charge in [-0.1, -0.05) is 18.2 Å². The predicted molar refractivity (Wildman–Crippen MR) is 64.7 cm³/mol. The van der Waals surface area contributed by atoms with Crippen LogP contribution in [0.2, 0.25) is 0 Å². The van der Waals surface area contributed by atoms with E-state index < -0.39 is 5.97 Å². The molecule has 0 saturated carbocycles. The Bertz CT molecular complexity index is 539. The first kappa shape index (κ1) is 11.1. The molecule has 0 unspecified atom stereocenters. The van der Waals surface area contributed by atoms with E-state index in [4.69, 9.17) is 5.11 Å².